The van der Waals surface area contributed by atoms with Gasteiger partial charge in [0.15, 0.2) is 0 Å². The Labute approximate surface area is 236 Å². The molecule has 222 valence electrons. The largest absolute Gasteiger partial charge is 0.542 e. The topological polar surface area (TPSA) is 129 Å². The maximum absolute atomic E-state index is 12.6. The number of hydrogen-bond donors (Lipinski definition) is 3. The lowest BCUT2D eigenvalue weighted by Gasteiger charge is -2.37. The van der Waals surface area contributed by atoms with Crippen LogP contribution < -0.4 is 20.8 Å². The molecule has 0 unspecified atom stereocenters. The Hall–Kier alpha value is -2.59. The molecule has 0 bridgehead atoms. The third-order valence-electron chi connectivity index (χ3n) is 6.63. The van der Waals surface area contributed by atoms with Gasteiger partial charge in [0, 0.05) is 12.5 Å². The first-order valence-corrected chi connectivity index (χ1v) is 16.8. The number of hydrogen-bond acceptors (Lipinski definition) is 7. The third kappa shape index (κ3) is 12.4. The van der Waals surface area contributed by atoms with E-state index < -0.39 is 32.0 Å². The van der Waals surface area contributed by atoms with Crippen LogP contribution in [0.3, 0.4) is 0 Å². The fraction of sp³-hybridized carbons (Fsp3) is 0.690. The molecule has 0 aliphatic carbocycles. The van der Waals surface area contributed by atoms with E-state index in [1.165, 1.54) is 0 Å². The average molecular weight is 566 g/mol. The van der Waals surface area contributed by atoms with E-state index in [4.69, 9.17) is 19.6 Å². The van der Waals surface area contributed by atoms with Crippen LogP contribution in [-0.4, -0.2) is 51.1 Å². The third-order valence-corrected chi connectivity index (χ3v) is 11.0. The van der Waals surface area contributed by atoms with E-state index in [9.17, 15) is 14.4 Å². The first-order valence-electron chi connectivity index (χ1n) is 13.9. The molecule has 1 aromatic carbocycles. The van der Waals surface area contributed by atoms with Crippen LogP contribution in [0, 0.1) is 5.92 Å². The van der Waals surface area contributed by atoms with Crippen LogP contribution in [-0.2, 0) is 25.5 Å². The molecule has 0 aliphatic heterocycles. The van der Waals surface area contributed by atoms with Crippen molar-refractivity contribution in [2.75, 3.05) is 18.5 Å². The average Bonchev–Trinajstić information content (AvgIpc) is 2.77. The molecule has 0 spiro atoms. The van der Waals surface area contributed by atoms with Gasteiger partial charge in [0.2, 0.25) is 5.91 Å². The van der Waals surface area contributed by atoms with Crippen LogP contribution in [0.4, 0.5) is 10.5 Å². The number of carbonyl (C=O) groups excluding carboxylic acids is 3. The molecular weight excluding hydrogens is 514 g/mol. The quantitative estimate of drug-likeness (QED) is 0.204. The number of carbonyl (C=O) groups is 3. The highest BCUT2D eigenvalue weighted by Gasteiger charge is 2.39. The van der Waals surface area contributed by atoms with Gasteiger partial charge < -0.3 is 30.3 Å². The first-order chi connectivity index (χ1) is 17.9. The number of alkyl carbamates (subject to hydrolysis) is 1. The summed E-state index contributed by atoms with van der Waals surface area (Å²) >= 11 is 0. The van der Waals surface area contributed by atoms with Gasteiger partial charge in [-0.05, 0) is 89.3 Å². The summed E-state index contributed by atoms with van der Waals surface area (Å²) < 4.78 is 17.2. The predicted octanol–water partition coefficient (Wildman–Crippen LogP) is 5.77. The summed E-state index contributed by atoms with van der Waals surface area (Å²) in [4.78, 5) is 37.6. The van der Waals surface area contributed by atoms with Crippen LogP contribution in [0.15, 0.2) is 18.2 Å². The van der Waals surface area contributed by atoms with Crippen molar-refractivity contribution in [3.63, 3.8) is 0 Å². The minimum absolute atomic E-state index is 0.0296. The van der Waals surface area contributed by atoms with Crippen molar-refractivity contribution in [3.8, 4) is 5.75 Å². The minimum atomic E-state index is -2.19. The monoisotopic (exact) mass is 565 g/mol. The first kappa shape index (κ1) is 34.4. The zero-order valence-electron chi connectivity index (χ0n) is 25.7. The van der Waals surface area contributed by atoms with E-state index in [2.05, 4.69) is 44.5 Å². The molecule has 9 nitrogen and oxygen atoms in total. The smallest absolute Gasteiger partial charge is 0.407 e. The van der Waals surface area contributed by atoms with Crippen molar-refractivity contribution in [2.24, 2.45) is 11.7 Å². The maximum atomic E-state index is 12.6. The summed E-state index contributed by atoms with van der Waals surface area (Å²) in [7, 11) is -2.19. The molecular formula is C29H51N3O6Si. The van der Waals surface area contributed by atoms with E-state index in [1.807, 2.05) is 18.2 Å². The second-order valence-electron chi connectivity index (χ2n) is 12.6. The highest BCUT2D eigenvalue weighted by Crippen LogP contribution is 2.39. The highest BCUT2D eigenvalue weighted by atomic mass is 28.4. The molecule has 1 rings (SSSR count). The lowest BCUT2D eigenvalue weighted by atomic mass is 9.96. The molecule has 0 heterocycles. The summed E-state index contributed by atoms with van der Waals surface area (Å²) in [5, 5.41) is 5.88. The van der Waals surface area contributed by atoms with Crippen LogP contribution in [0.25, 0.3) is 0 Å². The lowest BCUT2D eigenvalue weighted by Crippen LogP contribution is -2.44. The number of nitrogens with one attached hydrogen (secondary N) is 2. The van der Waals surface area contributed by atoms with E-state index >= 15 is 0 Å². The molecule has 0 radical (unpaired) electrons. The van der Waals surface area contributed by atoms with Crippen LogP contribution in [0.2, 0.25) is 18.1 Å². The molecule has 39 heavy (non-hydrogen) atoms. The Morgan fingerprint density at radius 2 is 1.72 bits per heavy atom. The fourth-order valence-corrected chi connectivity index (χ4v) is 4.59. The number of anilines is 1. The number of ether oxygens (including phenoxy) is 2. The fourth-order valence-electron chi connectivity index (χ4n) is 3.55. The van der Waals surface area contributed by atoms with Crippen LogP contribution >= 0.6 is 0 Å². The van der Waals surface area contributed by atoms with E-state index in [0.717, 1.165) is 5.56 Å². The summed E-state index contributed by atoms with van der Waals surface area (Å²) in [5.41, 5.74) is 6.37. The summed E-state index contributed by atoms with van der Waals surface area (Å²) in [6, 6.07) is 5.26. The molecule has 0 saturated heterocycles. The predicted molar refractivity (Wildman–Crippen MR) is 158 cm³/mol. The van der Waals surface area contributed by atoms with Gasteiger partial charge in [0.1, 0.15) is 11.4 Å². The van der Waals surface area contributed by atoms with Gasteiger partial charge in [-0.15, -0.1) is 0 Å². The lowest BCUT2D eigenvalue weighted by molar-refractivity contribution is -0.147. The summed E-state index contributed by atoms with van der Waals surface area (Å²) in [5.74, 6) is -0.277. The Morgan fingerprint density at radius 1 is 1.08 bits per heavy atom. The second-order valence-corrected chi connectivity index (χ2v) is 17.3. The molecule has 0 aliphatic rings. The zero-order valence-corrected chi connectivity index (χ0v) is 26.7. The number of rotatable bonds is 13. The summed E-state index contributed by atoms with van der Waals surface area (Å²) in [6.07, 6.45) is 1.10. The van der Waals surface area contributed by atoms with Gasteiger partial charge in [-0.1, -0.05) is 33.8 Å². The summed E-state index contributed by atoms with van der Waals surface area (Å²) in [6.45, 7) is 20.4. The van der Waals surface area contributed by atoms with Gasteiger partial charge in [-0.25, -0.2) is 4.79 Å². The standard InChI is InChI=1S/C29H51N3O6Si/c1-11-36-26(34)20(2)17-22(31-27(35)37-28(3,4)5)18-21-14-15-24(38-39(9,10)29(6,7)8)23(19-21)32-25(33)13-12-16-30/h14-15,19-20,22H,11-13,16-18,30H2,1-10H3,(H,31,35)(H,32,33)/t20-,22-/m1/s1. The van der Waals surface area contributed by atoms with Gasteiger partial charge in [0.05, 0.1) is 18.2 Å². The SMILES string of the molecule is CCOC(=O)[C@H](C)C[C@H](Cc1ccc(O[Si](C)(C)C(C)(C)C)c(NC(=O)CCCN)c1)NC(=O)OC(C)(C)C. The normalized spacial score (nSPS) is 13.7. The Morgan fingerprint density at radius 3 is 2.26 bits per heavy atom. The molecule has 4 N–H and O–H groups in total. The van der Waals surface area contributed by atoms with Crippen molar-refractivity contribution < 1.29 is 28.3 Å². The van der Waals surface area contributed by atoms with Crippen LogP contribution in [0.5, 0.6) is 5.75 Å². The van der Waals surface area contributed by atoms with Crippen molar-refractivity contribution >= 4 is 32.0 Å². The van der Waals surface area contributed by atoms with Gasteiger partial charge in [-0.3, -0.25) is 9.59 Å². The zero-order chi connectivity index (χ0) is 30.0. The van der Waals surface area contributed by atoms with Crippen molar-refractivity contribution in [1.82, 2.24) is 5.32 Å². The molecule has 2 amide bonds. The second kappa shape index (κ2) is 14.7. The Balaban J connectivity index is 3.33. The van der Waals surface area contributed by atoms with Crippen molar-refractivity contribution in [1.29, 1.82) is 0 Å². The van der Waals surface area contributed by atoms with Gasteiger partial charge >= 0.3 is 12.1 Å². The minimum Gasteiger partial charge on any atom is -0.542 e. The Bertz CT molecular complexity index is 969. The van der Waals surface area contributed by atoms with E-state index in [0.29, 0.717) is 43.7 Å². The molecule has 2 atom stereocenters. The number of nitrogens with two attached hydrogens (primary N) is 1. The number of amides is 2. The number of esters is 1. The molecule has 1 aromatic rings. The maximum Gasteiger partial charge on any atom is 0.407 e. The molecule has 10 heteroatoms. The van der Waals surface area contributed by atoms with Crippen molar-refractivity contribution in [3.05, 3.63) is 23.8 Å². The number of benzene rings is 1. The van der Waals surface area contributed by atoms with E-state index in [-0.39, 0.29) is 23.5 Å². The van der Waals surface area contributed by atoms with Crippen molar-refractivity contribution in [2.45, 2.75) is 111 Å². The van der Waals surface area contributed by atoms with Gasteiger partial charge in [-0.2, -0.15) is 0 Å². The van der Waals surface area contributed by atoms with E-state index in [1.54, 1.807) is 34.6 Å². The van der Waals surface area contributed by atoms with Crippen LogP contribution in [0.1, 0.15) is 80.2 Å². The molecule has 0 saturated carbocycles. The molecule has 0 fully saturated rings. The highest BCUT2D eigenvalue weighted by molar-refractivity contribution is 6.74. The Kier molecular flexibility index (Phi) is 13.0. The molecule has 0 aromatic heterocycles. The van der Waals surface area contributed by atoms with Gasteiger partial charge in [0.25, 0.3) is 8.32 Å².